The predicted molar refractivity (Wildman–Crippen MR) is 142 cm³/mol. The molecular weight excluding hydrogens is 480 g/mol. The second kappa shape index (κ2) is 12.8. The van der Waals surface area contributed by atoms with E-state index in [1.54, 1.807) is 7.11 Å². The van der Waals surface area contributed by atoms with Crippen molar-refractivity contribution in [3.8, 4) is 5.75 Å². The van der Waals surface area contributed by atoms with Crippen LogP contribution in [0.25, 0.3) is 10.9 Å². The Hall–Kier alpha value is -2.26. The number of thioether (sulfide) groups is 1. The van der Waals surface area contributed by atoms with E-state index in [0.717, 1.165) is 67.4 Å². The lowest BCUT2D eigenvalue weighted by Crippen LogP contribution is -2.43. The first-order chi connectivity index (χ1) is 17.5. The number of hydrogen-bond donors (Lipinski definition) is 2. The number of nitrogens with one attached hydrogen (secondary N) is 1. The Bertz CT molecular complexity index is 1130. The van der Waals surface area contributed by atoms with Crippen LogP contribution >= 0.6 is 11.8 Å². The minimum atomic E-state index is -0.544. The molecule has 8 heteroatoms. The number of aliphatic hydroxyl groups is 1. The van der Waals surface area contributed by atoms with E-state index in [9.17, 15) is 13.9 Å². The molecule has 3 atom stereocenters. The van der Waals surface area contributed by atoms with Crippen molar-refractivity contribution < 1.29 is 18.6 Å². The van der Waals surface area contributed by atoms with Crippen LogP contribution in [0.3, 0.4) is 0 Å². The molecular formula is C28H35F2N3O2S. The fourth-order valence-electron chi connectivity index (χ4n) is 5.26. The van der Waals surface area contributed by atoms with Gasteiger partial charge in [-0.15, -0.1) is 11.8 Å². The van der Waals surface area contributed by atoms with E-state index in [2.05, 4.69) is 21.3 Å². The summed E-state index contributed by atoms with van der Waals surface area (Å²) in [5.41, 5.74) is 2.17. The Morgan fingerprint density at radius 1 is 1.17 bits per heavy atom. The number of nitrogens with zero attached hydrogens (tertiary/aromatic N) is 2. The second-order valence-electron chi connectivity index (χ2n) is 9.45. The second-order valence-corrected chi connectivity index (χ2v) is 10.6. The van der Waals surface area contributed by atoms with Gasteiger partial charge in [-0.3, -0.25) is 4.98 Å². The first-order valence-corrected chi connectivity index (χ1v) is 13.5. The molecule has 36 heavy (non-hydrogen) atoms. The number of likely N-dealkylation sites (tertiary alicyclic amines) is 1. The highest BCUT2D eigenvalue weighted by atomic mass is 32.2. The molecule has 1 unspecified atom stereocenters. The zero-order valence-electron chi connectivity index (χ0n) is 20.9. The van der Waals surface area contributed by atoms with Crippen molar-refractivity contribution in [2.24, 2.45) is 11.8 Å². The number of aliphatic hydroxyl groups excluding tert-OH is 1. The van der Waals surface area contributed by atoms with Gasteiger partial charge in [-0.1, -0.05) is 0 Å². The van der Waals surface area contributed by atoms with Crippen molar-refractivity contribution in [3.05, 3.63) is 65.9 Å². The number of hydrogen-bond acceptors (Lipinski definition) is 6. The van der Waals surface area contributed by atoms with Crippen molar-refractivity contribution in [1.82, 2.24) is 15.2 Å². The smallest absolute Gasteiger partial charge is 0.127 e. The third-order valence-electron chi connectivity index (χ3n) is 7.25. The topological polar surface area (TPSA) is 57.6 Å². The quantitative estimate of drug-likeness (QED) is 0.339. The van der Waals surface area contributed by atoms with Crippen LogP contribution in [0, 0.1) is 23.5 Å². The van der Waals surface area contributed by atoms with Gasteiger partial charge in [-0.2, -0.15) is 0 Å². The molecule has 0 bridgehead atoms. The van der Waals surface area contributed by atoms with Gasteiger partial charge in [-0.05, 0) is 86.7 Å². The fourth-order valence-corrected chi connectivity index (χ4v) is 6.24. The van der Waals surface area contributed by atoms with Gasteiger partial charge in [0.25, 0.3) is 0 Å². The molecule has 1 aliphatic rings. The van der Waals surface area contributed by atoms with Crippen LogP contribution in [-0.2, 0) is 0 Å². The molecule has 3 aromatic rings. The Balaban J connectivity index is 1.32. The highest BCUT2D eigenvalue weighted by Crippen LogP contribution is 2.33. The first kappa shape index (κ1) is 26.8. The molecule has 1 aliphatic heterocycles. The summed E-state index contributed by atoms with van der Waals surface area (Å²) >= 11 is 1.46. The summed E-state index contributed by atoms with van der Waals surface area (Å²) < 4.78 is 32.3. The molecule has 0 saturated carbocycles. The van der Waals surface area contributed by atoms with Crippen molar-refractivity contribution in [2.75, 3.05) is 46.2 Å². The summed E-state index contributed by atoms with van der Waals surface area (Å²) in [5.74, 6) is 1.17. The molecule has 1 fully saturated rings. The Morgan fingerprint density at radius 3 is 2.69 bits per heavy atom. The lowest BCUT2D eigenvalue weighted by atomic mass is 9.81. The van der Waals surface area contributed by atoms with Gasteiger partial charge in [0.05, 0.1) is 12.6 Å². The summed E-state index contributed by atoms with van der Waals surface area (Å²) in [6, 6.07) is 11.9. The average molecular weight is 516 g/mol. The molecule has 1 saturated heterocycles. The van der Waals surface area contributed by atoms with Gasteiger partial charge in [0.1, 0.15) is 17.4 Å². The van der Waals surface area contributed by atoms with E-state index < -0.39 is 11.6 Å². The Morgan fingerprint density at radius 2 is 1.97 bits per heavy atom. The molecule has 0 spiro atoms. The number of methoxy groups -OCH3 is 1. The number of ether oxygens (including phenoxy) is 1. The molecule has 4 rings (SSSR count). The summed E-state index contributed by atoms with van der Waals surface area (Å²) in [4.78, 5) is 7.48. The number of rotatable bonds is 11. The zero-order chi connectivity index (χ0) is 25.5. The van der Waals surface area contributed by atoms with Gasteiger partial charge in [0, 0.05) is 54.0 Å². The van der Waals surface area contributed by atoms with Crippen molar-refractivity contribution in [2.45, 2.75) is 30.2 Å². The molecule has 5 nitrogen and oxygen atoms in total. The van der Waals surface area contributed by atoms with E-state index in [4.69, 9.17) is 4.74 Å². The van der Waals surface area contributed by atoms with Crippen LogP contribution in [-0.4, -0.2) is 61.1 Å². The monoisotopic (exact) mass is 515 g/mol. The van der Waals surface area contributed by atoms with Crippen molar-refractivity contribution >= 4 is 22.7 Å². The summed E-state index contributed by atoms with van der Waals surface area (Å²) in [6.45, 7) is 2.82. The van der Waals surface area contributed by atoms with E-state index in [-0.39, 0.29) is 18.6 Å². The standard InChI is InChI=1S/C28H35F2N3O2S/c1-31-27(25-7-9-32-28-6-4-23(35-2)16-26(25)28)5-3-19-8-10-33(17-20(19)18-34)11-12-36-24-14-21(29)13-22(30)15-24/h4,6-7,9,13-16,19-20,27,31,34H,3,5,8,10-12,17-18H2,1-2H3/t19-,20-,27?/m1/s1. The fraction of sp³-hybridized carbons (Fsp3) is 0.464. The van der Waals surface area contributed by atoms with Gasteiger partial charge in [0.2, 0.25) is 0 Å². The lowest BCUT2D eigenvalue weighted by molar-refractivity contribution is 0.0696. The first-order valence-electron chi connectivity index (χ1n) is 12.5. The average Bonchev–Trinajstić information content (AvgIpc) is 2.88. The van der Waals surface area contributed by atoms with Crippen LogP contribution in [0.5, 0.6) is 5.75 Å². The molecule has 0 amide bonds. The van der Waals surface area contributed by atoms with E-state index in [1.165, 1.54) is 29.5 Å². The van der Waals surface area contributed by atoms with E-state index >= 15 is 0 Å². The van der Waals surface area contributed by atoms with Gasteiger partial charge in [0.15, 0.2) is 0 Å². The predicted octanol–water partition coefficient (Wildman–Crippen LogP) is 5.29. The molecule has 0 radical (unpaired) electrons. The number of fused-ring (bicyclic) bond motifs is 1. The maximum atomic E-state index is 13.4. The van der Waals surface area contributed by atoms with Gasteiger partial charge < -0.3 is 20.1 Å². The van der Waals surface area contributed by atoms with Crippen LogP contribution in [0.4, 0.5) is 8.78 Å². The maximum absolute atomic E-state index is 13.4. The number of halogens is 2. The number of piperidine rings is 1. The maximum Gasteiger partial charge on any atom is 0.127 e. The summed E-state index contributed by atoms with van der Waals surface area (Å²) in [6.07, 6.45) is 4.89. The molecule has 1 aromatic heterocycles. The Kier molecular flexibility index (Phi) is 9.53. The molecule has 2 aromatic carbocycles. The SMILES string of the molecule is CNC(CC[C@@H]1CCN(CCSc2cc(F)cc(F)c2)C[C@@H]1CO)c1ccnc2ccc(OC)cc12. The molecule has 2 heterocycles. The molecule has 2 N–H and O–H groups in total. The number of pyridine rings is 1. The van der Waals surface area contributed by atoms with E-state index in [0.29, 0.717) is 10.8 Å². The molecule has 0 aliphatic carbocycles. The van der Waals surface area contributed by atoms with Crippen LogP contribution in [0.1, 0.15) is 30.9 Å². The van der Waals surface area contributed by atoms with Crippen LogP contribution in [0.15, 0.2) is 53.6 Å². The van der Waals surface area contributed by atoms with Crippen molar-refractivity contribution in [1.29, 1.82) is 0 Å². The van der Waals surface area contributed by atoms with Crippen LogP contribution in [0.2, 0.25) is 0 Å². The zero-order valence-corrected chi connectivity index (χ0v) is 21.7. The Labute approximate surface area is 216 Å². The third kappa shape index (κ3) is 6.73. The van der Waals surface area contributed by atoms with Crippen LogP contribution < -0.4 is 10.1 Å². The number of aromatic nitrogens is 1. The third-order valence-corrected chi connectivity index (χ3v) is 8.21. The number of benzene rings is 2. The van der Waals surface area contributed by atoms with E-state index in [1.807, 2.05) is 31.4 Å². The molecule has 194 valence electrons. The lowest BCUT2D eigenvalue weighted by Gasteiger charge is -2.38. The minimum Gasteiger partial charge on any atom is -0.497 e. The largest absolute Gasteiger partial charge is 0.497 e. The highest BCUT2D eigenvalue weighted by Gasteiger charge is 2.29. The van der Waals surface area contributed by atoms with Gasteiger partial charge >= 0.3 is 0 Å². The van der Waals surface area contributed by atoms with Gasteiger partial charge in [-0.25, -0.2) is 8.78 Å². The van der Waals surface area contributed by atoms with Crippen molar-refractivity contribution in [3.63, 3.8) is 0 Å². The minimum absolute atomic E-state index is 0.170. The highest BCUT2D eigenvalue weighted by molar-refractivity contribution is 7.99. The summed E-state index contributed by atoms with van der Waals surface area (Å²) in [5, 5.41) is 14.7. The normalized spacial score (nSPS) is 19.5. The summed E-state index contributed by atoms with van der Waals surface area (Å²) in [7, 11) is 3.67.